The zero-order valence-corrected chi connectivity index (χ0v) is 15.9. The molecule has 0 bridgehead atoms. The molecular formula is C22H27NO3. The lowest BCUT2D eigenvalue weighted by atomic mass is 10.1. The summed E-state index contributed by atoms with van der Waals surface area (Å²) < 4.78 is 5.42. The number of carbonyl (C=O) groups excluding carboxylic acids is 2. The van der Waals surface area contributed by atoms with Crippen LogP contribution in [0.25, 0.3) is 0 Å². The summed E-state index contributed by atoms with van der Waals surface area (Å²) in [5, 5.41) is 0. The normalized spacial score (nSPS) is 11.9. The molecule has 138 valence electrons. The second-order valence-corrected chi connectivity index (χ2v) is 6.69. The van der Waals surface area contributed by atoms with Crippen molar-refractivity contribution in [1.29, 1.82) is 0 Å². The lowest BCUT2D eigenvalue weighted by Crippen LogP contribution is -2.37. The molecule has 2 aromatic carbocycles. The number of hydrogen-bond donors (Lipinski definition) is 0. The molecule has 1 amide bonds. The zero-order valence-electron chi connectivity index (χ0n) is 15.9. The number of hydrogen-bond acceptors (Lipinski definition) is 3. The molecule has 2 rings (SSSR count). The number of amides is 1. The van der Waals surface area contributed by atoms with Gasteiger partial charge in [-0.2, -0.15) is 0 Å². The molecular weight excluding hydrogens is 326 g/mol. The van der Waals surface area contributed by atoms with Crippen molar-refractivity contribution in [2.24, 2.45) is 0 Å². The summed E-state index contributed by atoms with van der Waals surface area (Å²) in [4.78, 5) is 26.8. The fourth-order valence-corrected chi connectivity index (χ4v) is 2.84. The number of ether oxygens (including phenoxy) is 1. The molecule has 1 unspecified atom stereocenters. The van der Waals surface area contributed by atoms with Gasteiger partial charge < -0.3 is 9.64 Å². The van der Waals surface area contributed by atoms with Crippen LogP contribution >= 0.6 is 0 Å². The number of esters is 1. The minimum absolute atomic E-state index is 0.00918. The predicted molar refractivity (Wildman–Crippen MR) is 105 cm³/mol. The van der Waals surface area contributed by atoms with Crippen LogP contribution in [0, 0.1) is 0 Å². The van der Waals surface area contributed by atoms with Gasteiger partial charge in [-0.25, -0.2) is 4.79 Å². The highest BCUT2D eigenvalue weighted by Crippen LogP contribution is 2.21. The number of nitrogens with zero attached hydrogens (tertiary/aromatic N) is 1. The van der Waals surface area contributed by atoms with Gasteiger partial charge in [-0.3, -0.25) is 4.79 Å². The molecule has 26 heavy (non-hydrogen) atoms. The Morgan fingerprint density at radius 1 is 0.923 bits per heavy atom. The van der Waals surface area contributed by atoms with Crippen molar-refractivity contribution >= 4 is 17.6 Å². The van der Waals surface area contributed by atoms with Gasteiger partial charge in [-0.15, -0.1) is 0 Å². The number of carbonyl (C=O) groups is 2. The van der Waals surface area contributed by atoms with E-state index in [-0.39, 0.29) is 24.0 Å². The van der Waals surface area contributed by atoms with E-state index in [1.807, 2.05) is 39.0 Å². The first-order valence-corrected chi connectivity index (χ1v) is 9.13. The van der Waals surface area contributed by atoms with E-state index in [4.69, 9.17) is 4.74 Å². The second-order valence-electron chi connectivity index (χ2n) is 6.69. The van der Waals surface area contributed by atoms with Gasteiger partial charge in [-0.05, 0) is 63.6 Å². The molecule has 4 heteroatoms. The van der Waals surface area contributed by atoms with Gasteiger partial charge in [0.25, 0.3) is 5.91 Å². The van der Waals surface area contributed by atoms with Gasteiger partial charge in [0.2, 0.25) is 0 Å². The van der Waals surface area contributed by atoms with Gasteiger partial charge in [0, 0.05) is 17.3 Å². The third-order valence-electron chi connectivity index (χ3n) is 4.14. The summed E-state index contributed by atoms with van der Waals surface area (Å²) in [6.07, 6.45) is 1.72. The molecule has 0 aromatic heterocycles. The maximum absolute atomic E-state index is 12.9. The SMILES string of the molecule is CCCC(C)OC(=O)c1ccc(N(C(=O)c2ccccc2)C(C)C)cc1. The Bertz CT molecular complexity index is 723. The molecule has 0 heterocycles. The van der Waals surface area contributed by atoms with E-state index >= 15 is 0 Å². The standard InChI is InChI=1S/C22H27NO3/c1-5-9-17(4)26-22(25)19-12-14-20(15-13-19)23(16(2)3)21(24)18-10-7-6-8-11-18/h6-8,10-17H,5,9H2,1-4H3. The van der Waals surface area contributed by atoms with E-state index in [2.05, 4.69) is 6.92 Å². The van der Waals surface area contributed by atoms with E-state index in [1.165, 1.54) is 0 Å². The van der Waals surface area contributed by atoms with Gasteiger partial charge >= 0.3 is 5.97 Å². The van der Waals surface area contributed by atoms with Gasteiger partial charge in [-0.1, -0.05) is 31.5 Å². The molecule has 0 N–H and O–H groups in total. The van der Waals surface area contributed by atoms with Crippen molar-refractivity contribution in [1.82, 2.24) is 0 Å². The van der Waals surface area contributed by atoms with Crippen molar-refractivity contribution in [3.05, 3.63) is 65.7 Å². The first-order valence-electron chi connectivity index (χ1n) is 9.13. The topological polar surface area (TPSA) is 46.6 Å². The van der Waals surface area contributed by atoms with Crippen molar-refractivity contribution in [2.45, 2.75) is 52.7 Å². The van der Waals surface area contributed by atoms with Crippen LogP contribution in [0.4, 0.5) is 5.69 Å². The second kappa shape index (κ2) is 9.18. The first-order chi connectivity index (χ1) is 12.4. The minimum Gasteiger partial charge on any atom is -0.459 e. The fourth-order valence-electron chi connectivity index (χ4n) is 2.84. The van der Waals surface area contributed by atoms with Gasteiger partial charge in [0.15, 0.2) is 0 Å². The van der Waals surface area contributed by atoms with Crippen LogP contribution in [0.15, 0.2) is 54.6 Å². The highest BCUT2D eigenvalue weighted by Gasteiger charge is 2.21. The van der Waals surface area contributed by atoms with E-state index in [0.717, 1.165) is 18.5 Å². The summed E-state index contributed by atoms with van der Waals surface area (Å²) in [6.45, 7) is 7.89. The molecule has 0 aliphatic heterocycles. The van der Waals surface area contributed by atoms with Crippen LogP contribution in [-0.4, -0.2) is 24.0 Å². The number of anilines is 1. The molecule has 0 saturated carbocycles. The molecule has 1 atom stereocenters. The van der Waals surface area contributed by atoms with Crippen LogP contribution in [-0.2, 0) is 4.74 Å². The Kier molecular flexibility index (Phi) is 6.96. The lowest BCUT2D eigenvalue weighted by molar-refractivity contribution is 0.0323. The van der Waals surface area contributed by atoms with Crippen molar-refractivity contribution in [3.63, 3.8) is 0 Å². The van der Waals surface area contributed by atoms with Crippen molar-refractivity contribution < 1.29 is 14.3 Å². The Labute approximate surface area is 155 Å². The molecule has 4 nitrogen and oxygen atoms in total. The third kappa shape index (κ3) is 4.94. The quantitative estimate of drug-likeness (QED) is 0.652. The van der Waals surface area contributed by atoms with Crippen LogP contribution < -0.4 is 4.90 Å². The van der Waals surface area contributed by atoms with E-state index in [0.29, 0.717) is 11.1 Å². The summed E-state index contributed by atoms with van der Waals surface area (Å²) >= 11 is 0. The van der Waals surface area contributed by atoms with E-state index < -0.39 is 0 Å². The highest BCUT2D eigenvalue weighted by molar-refractivity contribution is 6.06. The lowest BCUT2D eigenvalue weighted by Gasteiger charge is -2.27. The van der Waals surface area contributed by atoms with Gasteiger partial charge in [0.1, 0.15) is 0 Å². The largest absolute Gasteiger partial charge is 0.459 e. The van der Waals surface area contributed by atoms with Gasteiger partial charge in [0.05, 0.1) is 11.7 Å². The smallest absolute Gasteiger partial charge is 0.338 e. The van der Waals surface area contributed by atoms with E-state index in [1.54, 1.807) is 41.3 Å². The van der Waals surface area contributed by atoms with Crippen LogP contribution in [0.3, 0.4) is 0 Å². The Balaban J connectivity index is 2.18. The maximum Gasteiger partial charge on any atom is 0.338 e. The number of rotatable bonds is 7. The fraction of sp³-hybridized carbons (Fsp3) is 0.364. The Morgan fingerprint density at radius 2 is 1.54 bits per heavy atom. The summed E-state index contributed by atoms with van der Waals surface area (Å²) in [5.74, 6) is -0.393. The summed E-state index contributed by atoms with van der Waals surface area (Å²) in [7, 11) is 0. The van der Waals surface area contributed by atoms with Crippen LogP contribution in [0.2, 0.25) is 0 Å². The summed E-state index contributed by atoms with van der Waals surface area (Å²) in [6, 6.07) is 16.2. The third-order valence-corrected chi connectivity index (χ3v) is 4.14. The Morgan fingerprint density at radius 3 is 2.08 bits per heavy atom. The molecule has 0 saturated heterocycles. The van der Waals surface area contributed by atoms with Crippen molar-refractivity contribution in [3.8, 4) is 0 Å². The molecule has 0 spiro atoms. The average Bonchev–Trinajstić information content (AvgIpc) is 2.63. The van der Waals surface area contributed by atoms with Crippen LogP contribution in [0.1, 0.15) is 61.3 Å². The minimum atomic E-state index is -0.331. The Hall–Kier alpha value is -2.62. The molecule has 0 aliphatic carbocycles. The first kappa shape index (κ1) is 19.7. The molecule has 0 fully saturated rings. The molecule has 0 radical (unpaired) electrons. The van der Waals surface area contributed by atoms with E-state index in [9.17, 15) is 9.59 Å². The van der Waals surface area contributed by atoms with Crippen LogP contribution in [0.5, 0.6) is 0 Å². The maximum atomic E-state index is 12.9. The molecule has 0 aliphatic rings. The van der Waals surface area contributed by atoms with Crippen molar-refractivity contribution in [2.75, 3.05) is 4.90 Å². The zero-order chi connectivity index (χ0) is 19.1. The average molecular weight is 353 g/mol. The highest BCUT2D eigenvalue weighted by atomic mass is 16.5. The number of benzene rings is 2. The molecule has 2 aromatic rings. The summed E-state index contributed by atoms with van der Waals surface area (Å²) in [5.41, 5.74) is 1.89. The predicted octanol–water partition coefficient (Wildman–Crippen LogP) is 5.09. The monoisotopic (exact) mass is 353 g/mol.